The molecule has 0 bridgehead atoms. The maximum absolute atomic E-state index is 14.3. The Balaban J connectivity index is 1.43. The monoisotopic (exact) mass is 518 g/mol. The van der Waals surface area contributed by atoms with E-state index in [1.807, 2.05) is 30.3 Å². The van der Waals surface area contributed by atoms with Crippen molar-refractivity contribution in [2.75, 3.05) is 17.2 Å². The molecule has 1 aromatic heterocycles. The van der Waals surface area contributed by atoms with E-state index >= 15 is 0 Å². The molecule has 1 unspecified atom stereocenters. The highest BCUT2D eigenvalue weighted by Crippen LogP contribution is 2.51. The van der Waals surface area contributed by atoms with Gasteiger partial charge in [-0.05, 0) is 89.4 Å². The van der Waals surface area contributed by atoms with Crippen LogP contribution >= 0.6 is 11.6 Å². The molecule has 1 saturated carbocycles. The molecule has 1 aliphatic heterocycles. The number of benzene rings is 3. The molecule has 0 radical (unpaired) electrons. The highest BCUT2D eigenvalue weighted by molar-refractivity contribution is 6.30. The van der Waals surface area contributed by atoms with Crippen molar-refractivity contribution in [1.29, 1.82) is 0 Å². The van der Waals surface area contributed by atoms with E-state index in [2.05, 4.69) is 37.3 Å². The Bertz CT molecular complexity index is 1460. The van der Waals surface area contributed by atoms with Crippen molar-refractivity contribution in [3.8, 4) is 28.3 Å². The second-order valence-electron chi connectivity index (χ2n) is 9.38. The summed E-state index contributed by atoms with van der Waals surface area (Å²) in [5.74, 6) is 1.55. The topological polar surface area (TPSA) is 105 Å². The lowest BCUT2D eigenvalue weighted by atomic mass is 9.86. The fourth-order valence-corrected chi connectivity index (χ4v) is 5.20. The zero-order valence-corrected chi connectivity index (χ0v) is 20.6. The Morgan fingerprint density at radius 3 is 2.59 bits per heavy atom. The number of tetrazole rings is 1. The van der Waals surface area contributed by atoms with Crippen LogP contribution in [0.15, 0.2) is 54.6 Å². The number of amides is 2. The average molecular weight is 519 g/mol. The molecule has 1 aliphatic carbocycles. The number of aromatic nitrogens is 4. The molecule has 4 aromatic rings. The lowest BCUT2D eigenvalue weighted by molar-refractivity contribution is 0.261. The summed E-state index contributed by atoms with van der Waals surface area (Å²) in [4.78, 5) is 13.0. The summed E-state index contributed by atoms with van der Waals surface area (Å²) in [5.41, 5.74) is 4.28. The number of nitrogens with zero attached hydrogens (tertiary/aromatic N) is 3. The number of hydrogen-bond donors (Lipinski definition) is 3. The van der Waals surface area contributed by atoms with E-state index in [1.165, 1.54) is 25.0 Å². The van der Waals surface area contributed by atoms with Crippen molar-refractivity contribution < 1.29 is 13.9 Å². The fraction of sp³-hybridized carbons (Fsp3) is 0.259. The van der Waals surface area contributed by atoms with Crippen LogP contribution in [0.4, 0.5) is 20.6 Å². The van der Waals surface area contributed by atoms with E-state index in [0.29, 0.717) is 35.7 Å². The number of anilines is 2. The summed E-state index contributed by atoms with van der Waals surface area (Å²) in [6, 6.07) is 15.4. The first kappa shape index (κ1) is 23.4. The number of aromatic amines is 1. The Kier molecular flexibility index (Phi) is 6.21. The van der Waals surface area contributed by atoms with Crippen molar-refractivity contribution >= 4 is 29.0 Å². The Hall–Kier alpha value is -3.98. The zero-order chi connectivity index (χ0) is 25.4. The van der Waals surface area contributed by atoms with Gasteiger partial charge in [0.15, 0.2) is 5.82 Å². The molecule has 2 aliphatic rings. The molecule has 3 N–H and O–H groups in total. The van der Waals surface area contributed by atoms with Gasteiger partial charge in [-0.1, -0.05) is 35.9 Å². The van der Waals surface area contributed by atoms with Crippen LogP contribution in [0.5, 0.6) is 5.75 Å². The SMILES string of the molecule is O=C(Nc1ccc(Cl)cc1F)Nc1cc(-c2ccccc2-c2nnn[nH]2)cc2c1OCCCC2C1CC1. The first-order valence-electron chi connectivity index (χ1n) is 12.2. The van der Waals surface area contributed by atoms with Crippen molar-refractivity contribution in [1.82, 2.24) is 20.6 Å². The van der Waals surface area contributed by atoms with Crippen LogP contribution < -0.4 is 15.4 Å². The van der Waals surface area contributed by atoms with Gasteiger partial charge in [0.25, 0.3) is 0 Å². The third kappa shape index (κ3) is 4.86. The molecule has 2 heterocycles. The molecular weight excluding hydrogens is 495 g/mol. The van der Waals surface area contributed by atoms with E-state index in [4.69, 9.17) is 16.3 Å². The van der Waals surface area contributed by atoms with Gasteiger partial charge in [-0.2, -0.15) is 0 Å². The van der Waals surface area contributed by atoms with Gasteiger partial charge in [-0.3, -0.25) is 0 Å². The summed E-state index contributed by atoms with van der Waals surface area (Å²) < 4.78 is 20.5. The van der Waals surface area contributed by atoms with Crippen LogP contribution in [0, 0.1) is 11.7 Å². The average Bonchev–Trinajstić information content (AvgIpc) is 3.63. The maximum atomic E-state index is 14.3. The predicted molar refractivity (Wildman–Crippen MR) is 139 cm³/mol. The summed E-state index contributed by atoms with van der Waals surface area (Å²) in [6.07, 6.45) is 4.34. The number of carbonyl (C=O) groups excluding carboxylic acids is 1. The van der Waals surface area contributed by atoms with Crippen LogP contribution in [0.2, 0.25) is 5.02 Å². The van der Waals surface area contributed by atoms with Gasteiger partial charge in [0.05, 0.1) is 18.0 Å². The summed E-state index contributed by atoms with van der Waals surface area (Å²) in [5, 5.41) is 20.1. The molecule has 3 aromatic carbocycles. The van der Waals surface area contributed by atoms with Gasteiger partial charge in [-0.15, -0.1) is 5.10 Å². The van der Waals surface area contributed by atoms with Crippen LogP contribution in [0.25, 0.3) is 22.5 Å². The zero-order valence-electron chi connectivity index (χ0n) is 19.8. The molecule has 37 heavy (non-hydrogen) atoms. The Morgan fingerprint density at radius 2 is 1.84 bits per heavy atom. The molecule has 1 atom stereocenters. The third-order valence-corrected chi connectivity index (χ3v) is 7.12. The number of hydrogen-bond acceptors (Lipinski definition) is 5. The molecule has 1 fully saturated rings. The maximum Gasteiger partial charge on any atom is 0.323 e. The number of H-pyrrole nitrogens is 1. The van der Waals surface area contributed by atoms with Gasteiger partial charge in [0, 0.05) is 16.1 Å². The quantitative estimate of drug-likeness (QED) is 0.275. The first-order valence-corrected chi connectivity index (χ1v) is 12.6. The van der Waals surface area contributed by atoms with E-state index in [0.717, 1.165) is 41.2 Å². The largest absolute Gasteiger partial charge is 0.491 e. The minimum absolute atomic E-state index is 0.0316. The fourth-order valence-electron chi connectivity index (χ4n) is 5.04. The number of urea groups is 1. The summed E-state index contributed by atoms with van der Waals surface area (Å²) in [7, 11) is 0. The molecular formula is C27H24ClFN6O2. The molecule has 0 spiro atoms. The van der Waals surface area contributed by atoms with Crippen molar-refractivity contribution in [2.24, 2.45) is 5.92 Å². The van der Waals surface area contributed by atoms with Crippen molar-refractivity contribution in [3.63, 3.8) is 0 Å². The predicted octanol–water partition coefficient (Wildman–Crippen LogP) is 6.64. The number of carbonyl (C=O) groups is 1. The van der Waals surface area contributed by atoms with Gasteiger partial charge in [0.1, 0.15) is 11.6 Å². The Morgan fingerprint density at radius 1 is 1.03 bits per heavy atom. The molecule has 0 saturated heterocycles. The molecule has 8 nitrogen and oxygen atoms in total. The normalized spacial score (nSPS) is 16.9. The summed E-state index contributed by atoms with van der Waals surface area (Å²) in [6.45, 7) is 0.567. The number of ether oxygens (including phenoxy) is 1. The second-order valence-corrected chi connectivity index (χ2v) is 9.81. The number of halogens is 2. The van der Waals surface area contributed by atoms with Crippen LogP contribution in [0.1, 0.15) is 37.2 Å². The lowest BCUT2D eigenvalue weighted by Crippen LogP contribution is -2.21. The van der Waals surface area contributed by atoms with E-state index in [-0.39, 0.29) is 10.7 Å². The van der Waals surface area contributed by atoms with Crippen LogP contribution in [-0.4, -0.2) is 33.3 Å². The smallest absolute Gasteiger partial charge is 0.323 e. The minimum atomic E-state index is -0.616. The molecule has 6 rings (SSSR count). The van der Waals surface area contributed by atoms with Gasteiger partial charge >= 0.3 is 6.03 Å². The molecule has 188 valence electrons. The Labute approximate surface area is 217 Å². The van der Waals surface area contributed by atoms with Gasteiger partial charge < -0.3 is 15.4 Å². The summed E-state index contributed by atoms with van der Waals surface area (Å²) >= 11 is 5.85. The van der Waals surface area contributed by atoms with E-state index in [1.54, 1.807) is 0 Å². The van der Waals surface area contributed by atoms with E-state index in [9.17, 15) is 9.18 Å². The van der Waals surface area contributed by atoms with Gasteiger partial charge in [-0.25, -0.2) is 14.3 Å². The second kappa shape index (κ2) is 9.82. The highest BCUT2D eigenvalue weighted by Gasteiger charge is 2.36. The van der Waals surface area contributed by atoms with Crippen LogP contribution in [-0.2, 0) is 0 Å². The molecule has 10 heteroatoms. The van der Waals surface area contributed by atoms with E-state index < -0.39 is 11.8 Å². The minimum Gasteiger partial charge on any atom is -0.491 e. The third-order valence-electron chi connectivity index (χ3n) is 6.88. The lowest BCUT2D eigenvalue weighted by Gasteiger charge is -2.21. The number of fused-ring (bicyclic) bond motifs is 1. The molecule has 2 amide bonds. The standard InChI is InChI=1S/C27H24ClFN6O2/c28-17-9-10-23(22(29)14-17)30-27(36)31-24-13-16(19-4-1-2-5-20(19)26-32-34-35-33-26)12-21-18(15-7-8-15)6-3-11-37-25(21)24/h1-2,4-5,9-10,12-15,18H,3,6-8,11H2,(H2,30,31,36)(H,32,33,34,35). The highest BCUT2D eigenvalue weighted by atomic mass is 35.5. The first-order chi connectivity index (χ1) is 18.1. The van der Waals surface area contributed by atoms with Crippen molar-refractivity contribution in [3.05, 3.63) is 71.0 Å². The van der Waals surface area contributed by atoms with Gasteiger partial charge in [0.2, 0.25) is 0 Å². The van der Waals surface area contributed by atoms with Crippen LogP contribution in [0.3, 0.4) is 0 Å². The van der Waals surface area contributed by atoms with Crippen molar-refractivity contribution in [2.45, 2.75) is 31.6 Å². The number of rotatable bonds is 5. The number of nitrogens with one attached hydrogen (secondary N) is 3.